The molecule has 0 bridgehead atoms. The van der Waals surface area contributed by atoms with Crippen molar-refractivity contribution in [1.29, 1.82) is 5.26 Å². The number of nitrogens with one attached hydrogen (secondary N) is 2. The number of carbonyl (C=O) groups excluding carboxylic acids is 1. The van der Waals surface area contributed by atoms with E-state index in [4.69, 9.17) is 28.5 Å². The molecule has 2 N–H and O–H groups in total. The Morgan fingerprint density at radius 1 is 1.38 bits per heavy atom. The molecular formula is C15H12Cl2F3N3O. The number of hydrazine groups is 1. The first-order chi connectivity index (χ1) is 11.2. The van der Waals surface area contributed by atoms with Crippen LogP contribution in [0.1, 0.15) is 6.42 Å². The second-order valence-corrected chi connectivity index (χ2v) is 6.10. The lowest BCUT2D eigenvalue weighted by Crippen LogP contribution is -2.44. The molecule has 0 aromatic carbocycles. The third kappa shape index (κ3) is 4.13. The predicted octanol–water partition coefficient (Wildman–Crippen LogP) is 3.44. The highest BCUT2D eigenvalue weighted by molar-refractivity contribution is 6.34. The van der Waals surface area contributed by atoms with Crippen molar-refractivity contribution in [1.82, 2.24) is 10.9 Å². The lowest BCUT2D eigenvalue weighted by atomic mass is 9.93. The zero-order chi connectivity index (χ0) is 17.9. The van der Waals surface area contributed by atoms with E-state index in [2.05, 4.69) is 10.9 Å². The fourth-order valence-corrected chi connectivity index (χ4v) is 2.99. The van der Waals surface area contributed by atoms with Crippen LogP contribution in [-0.4, -0.2) is 17.5 Å². The van der Waals surface area contributed by atoms with Crippen LogP contribution in [0.2, 0.25) is 0 Å². The van der Waals surface area contributed by atoms with Crippen LogP contribution in [0, 0.1) is 23.2 Å². The van der Waals surface area contributed by atoms with Gasteiger partial charge in [-0.15, -0.1) is 11.6 Å². The molecule has 128 valence electrons. The normalized spacial score (nSPS) is 26.7. The Morgan fingerprint density at radius 3 is 2.67 bits per heavy atom. The summed E-state index contributed by atoms with van der Waals surface area (Å²) in [5.41, 5.74) is 3.22. The number of carbonyl (C=O) groups is 1. The number of hydrogen-bond donors (Lipinski definition) is 2. The molecule has 2 aliphatic carbocycles. The van der Waals surface area contributed by atoms with Crippen molar-refractivity contribution in [2.75, 3.05) is 0 Å². The monoisotopic (exact) mass is 377 g/mol. The highest BCUT2D eigenvalue weighted by Crippen LogP contribution is 2.35. The van der Waals surface area contributed by atoms with E-state index in [0.29, 0.717) is 0 Å². The molecule has 2 aliphatic rings. The number of allylic oxidation sites excluding steroid dienone is 6. The second kappa shape index (κ2) is 7.32. The van der Waals surface area contributed by atoms with Crippen LogP contribution in [0.25, 0.3) is 0 Å². The van der Waals surface area contributed by atoms with E-state index in [0.717, 1.165) is 6.08 Å². The van der Waals surface area contributed by atoms with Gasteiger partial charge in [-0.25, -0.2) is 0 Å². The Labute approximate surface area is 146 Å². The summed E-state index contributed by atoms with van der Waals surface area (Å²) < 4.78 is 39.3. The molecule has 0 heterocycles. The van der Waals surface area contributed by atoms with Crippen molar-refractivity contribution in [3.05, 3.63) is 46.7 Å². The third-order valence-corrected chi connectivity index (χ3v) is 4.28. The summed E-state index contributed by atoms with van der Waals surface area (Å²) >= 11 is 11.9. The SMILES string of the molecule is N#CC1C=CC(NNC(=O)C2C(Cl)=CC=CC2Cl)=C(C(F)(F)F)C1. The molecule has 0 saturated carbocycles. The van der Waals surface area contributed by atoms with Gasteiger partial charge in [0.15, 0.2) is 0 Å². The fraction of sp³-hybridized carbons (Fsp3) is 0.333. The van der Waals surface area contributed by atoms with Crippen molar-refractivity contribution in [2.45, 2.75) is 18.0 Å². The standard InChI is InChI=1S/C15H12Cl2F3N3O/c16-10-2-1-3-11(17)13(10)14(24)23-22-12-5-4-8(7-21)6-9(12)15(18,19)20/h1-5,8,10,13,22H,6H2,(H,23,24). The minimum atomic E-state index is -4.62. The summed E-state index contributed by atoms with van der Waals surface area (Å²) in [6, 6.07) is 1.77. The number of alkyl halides is 4. The van der Waals surface area contributed by atoms with Gasteiger partial charge in [-0.3, -0.25) is 15.6 Å². The maximum Gasteiger partial charge on any atom is 0.414 e. The first-order valence-corrected chi connectivity index (χ1v) is 7.67. The van der Waals surface area contributed by atoms with Gasteiger partial charge in [-0.2, -0.15) is 18.4 Å². The van der Waals surface area contributed by atoms with Crippen LogP contribution in [0.4, 0.5) is 13.2 Å². The smallest absolute Gasteiger partial charge is 0.298 e. The van der Waals surface area contributed by atoms with Crippen molar-refractivity contribution >= 4 is 29.1 Å². The van der Waals surface area contributed by atoms with Gasteiger partial charge >= 0.3 is 6.18 Å². The van der Waals surface area contributed by atoms with Gasteiger partial charge in [0.2, 0.25) is 5.91 Å². The Hall–Kier alpha value is -1.91. The molecule has 3 atom stereocenters. The first-order valence-electron chi connectivity index (χ1n) is 6.86. The molecule has 0 spiro atoms. The molecule has 3 unspecified atom stereocenters. The Morgan fingerprint density at radius 2 is 2.08 bits per heavy atom. The van der Waals surface area contributed by atoms with Crippen molar-refractivity contribution in [3.63, 3.8) is 0 Å². The summed E-state index contributed by atoms with van der Waals surface area (Å²) in [4.78, 5) is 12.1. The van der Waals surface area contributed by atoms with Gasteiger partial charge in [-0.1, -0.05) is 29.8 Å². The average Bonchev–Trinajstić information content (AvgIpc) is 2.51. The molecule has 0 fully saturated rings. The number of amides is 1. The zero-order valence-electron chi connectivity index (χ0n) is 12.1. The molecule has 9 heteroatoms. The quantitative estimate of drug-likeness (QED) is 0.584. The minimum absolute atomic E-state index is 0.186. The van der Waals surface area contributed by atoms with E-state index in [1.165, 1.54) is 12.2 Å². The van der Waals surface area contributed by atoms with Gasteiger partial charge in [0.1, 0.15) is 0 Å². The summed E-state index contributed by atoms with van der Waals surface area (Å²) in [6.45, 7) is 0. The van der Waals surface area contributed by atoms with Crippen molar-refractivity contribution in [2.24, 2.45) is 11.8 Å². The van der Waals surface area contributed by atoms with E-state index in [-0.39, 0.29) is 10.7 Å². The van der Waals surface area contributed by atoms with Gasteiger partial charge in [0.05, 0.1) is 34.6 Å². The van der Waals surface area contributed by atoms with E-state index < -0.39 is 41.3 Å². The highest BCUT2D eigenvalue weighted by atomic mass is 35.5. The number of rotatable bonds is 3. The van der Waals surface area contributed by atoms with Gasteiger partial charge in [0, 0.05) is 5.03 Å². The number of nitrogens with zero attached hydrogens (tertiary/aromatic N) is 1. The number of nitriles is 1. The molecule has 0 aliphatic heterocycles. The fourth-order valence-electron chi connectivity index (χ4n) is 2.28. The predicted molar refractivity (Wildman–Crippen MR) is 83.4 cm³/mol. The van der Waals surface area contributed by atoms with Crippen LogP contribution < -0.4 is 10.9 Å². The zero-order valence-corrected chi connectivity index (χ0v) is 13.6. The van der Waals surface area contributed by atoms with E-state index in [1.807, 2.05) is 0 Å². The van der Waals surface area contributed by atoms with E-state index in [1.54, 1.807) is 18.2 Å². The summed E-state index contributed by atoms with van der Waals surface area (Å²) in [6.07, 6.45) is 1.99. The molecular weight excluding hydrogens is 366 g/mol. The number of halogens is 5. The molecule has 0 radical (unpaired) electrons. The van der Waals surface area contributed by atoms with Gasteiger partial charge < -0.3 is 0 Å². The third-order valence-electron chi connectivity index (χ3n) is 3.52. The lowest BCUT2D eigenvalue weighted by molar-refractivity contribution is -0.124. The Bertz CT molecular complexity index is 689. The van der Waals surface area contributed by atoms with Crippen molar-refractivity contribution in [3.8, 4) is 6.07 Å². The summed E-state index contributed by atoms with van der Waals surface area (Å²) in [7, 11) is 0. The maximum atomic E-state index is 13.1. The molecule has 0 aromatic heterocycles. The average molecular weight is 378 g/mol. The molecule has 4 nitrogen and oxygen atoms in total. The highest BCUT2D eigenvalue weighted by Gasteiger charge is 2.39. The van der Waals surface area contributed by atoms with E-state index >= 15 is 0 Å². The molecule has 0 aromatic rings. The Kier molecular flexibility index (Phi) is 5.62. The molecule has 2 rings (SSSR count). The second-order valence-electron chi connectivity index (χ2n) is 5.16. The van der Waals surface area contributed by atoms with Crippen LogP contribution in [0.15, 0.2) is 46.7 Å². The maximum absolute atomic E-state index is 13.1. The van der Waals surface area contributed by atoms with Crippen LogP contribution in [-0.2, 0) is 4.79 Å². The summed E-state index contributed by atoms with van der Waals surface area (Å²) in [5, 5.41) is 8.27. The topological polar surface area (TPSA) is 64.9 Å². The van der Waals surface area contributed by atoms with E-state index in [9.17, 15) is 18.0 Å². The van der Waals surface area contributed by atoms with Crippen LogP contribution in [0.3, 0.4) is 0 Å². The van der Waals surface area contributed by atoms with Crippen LogP contribution >= 0.6 is 23.2 Å². The van der Waals surface area contributed by atoms with Gasteiger partial charge in [0.25, 0.3) is 0 Å². The van der Waals surface area contributed by atoms with Crippen LogP contribution in [0.5, 0.6) is 0 Å². The minimum Gasteiger partial charge on any atom is -0.298 e. The number of hydrogen-bond acceptors (Lipinski definition) is 3. The van der Waals surface area contributed by atoms with Crippen molar-refractivity contribution < 1.29 is 18.0 Å². The molecule has 24 heavy (non-hydrogen) atoms. The molecule has 1 amide bonds. The molecule has 0 saturated heterocycles. The summed E-state index contributed by atoms with van der Waals surface area (Å²) in [5.74, 6) is -2.43. The Balaban J connectivity index is 2.12. The first kappa shape index (κ1) is 18.4. The van der Waals surface area contributed by atoms with Gasteiger partial charge in [-0.05, 0) is 18.6 Å². The largest absolute Gasteiger partial charge is 0.414 e. The lowest BCUT2D eigenvalue weighted by Gasteiger charge is -2.25.